The molecule has 5 nitrogen and oxygen atoms in total. The largest absolute Gasteiger partial charge is 0.255 e. The monoisotopic (exact) mass is 255 g/mol. The number of aromatic nitrogens is 3. The van der Waals surface area contributed by atoms with Crippen LogP contribution in [0.3, 0.4) is 0 Å². The summed E-state index contributed by atoms with van der Waals surface area (Å²) >= 11 is 0. The quantitative estimate of drug-likeness (QED) is 0.765. The third kappa shape index (κ3) is 2.68. The fourth-order valence-electron chi connectivity index (χ4n) is 1.38. The zero-order valence-corrected chi connectivity index (χ0v) is 9.85. The Kier molecular flexibility index (Phi) is 2.93. The summed E-state index contributed by atoms with van der Waals surface area (Å²) < 4.78 is 38.0. The van der Waals surface area contributed by atoms with Gasteiger partial charge in [-0.3, -0.25) is 4.68 Å². The number of aryl methyl sites for hydroxylation is 1. The molecule has 0 aliphatic heterocycles. The van der Waals surface area contributed by atoms with Gasteiger partial charge in [-0.2, -0.15) is 0 Å². The number of sulfone groups is 1. The van der Waals surface area contributed by atoms with E-state index in [-0.39, 0.29) is 10.6 Å². The summed E-state index contributed by atoms with van der Waals surface area (Å²) in [4.78, 5) is 0.0737. The van der Waals surface area contributed by atoms with Gasteiger partial charge in [0.15, 0.2) is 9.84 Å². The maximum atomic E-state index is 12.7. The number of benzene rings is 1. The van der Waals surface area contributed by atoms with E-state index in [1.807, 2.05) is 0 Å². The van der Waals surface area contributed by atoms with Gasteiger partial charge < -0.3 is 0 Å². The summed E-state index contributed by atoms with van der Waals surface area (Å²) in [5, 5.41) is 7.35. The Morgan fingerprint density at radius 2 is 1.94 bits per heavy atom. The van der Waals surface area contributed by atoms with Gasteiger partial charge in [-0.15, -0.1) is 5.10 Å². The van der Waals surface area contributed by atoms with Crippen LogP contribution in [0.2, 0.25) is 0 Å². The lowest BCUT2D eigenvalue weighted by molar-refractivity contribution is 0.593. The third-order valence-corrected chi connectivity index (χ3v) is 3.83. The zero-order valence-electron chi connectivity index (χ0n) is 9.04. The molecule has 0 N–H and O–H groups in total. The van der Waals surface area contributed by atoms with Crippen molar-refractivity contribution < 1.29 is 12.8 Å². The summed E-state index contributed by atoms with van der Waals surface area (Å²) in [6, 6.07) is 4.70. The van der Waals surface area contributed by atoms with Crippen molar-refractivity contribution in [2.24, 2.45) is 7.05 Å². The minimum Gasteiger partial charge on any atom is -0.255 e. The van der Waals surface area contributed by atoms with Crippen molar-refractivity contribution in [3.8, 4) is 0 Å². The topological polar surface area (TPSA) is 64.8 Å². The Morgan fingerprint density at radius 3 is 2.47 bits per heavy atom. The van der Waals surface area contributed by atoms with Crippen LogP contribution in [0.25, 0.3) is 0 Å². The van der Waals surface area contributed by atoms with Crippen molar-refractivity contribution >= 4 is 9.84 Å². The molecule has 90 valence electrons. The molecule has 0 fully saturated rings. The fourth-order valence-corrected chi connectivity index (χ4v) is 2.62. The van der Waals surface area contributed by atoms with Crippen LogP contribution in [0, 0.1) is 5.82 Å². The Balaban J connectivity index is 2.28. The molecule has 1 aromatic heterocycles. The first kappa shape index (κ1) is 11.7. The Morgan fingerprint density at radius 1 is 1.29 bits per heavy atom. The number of nitrogens with zero attached hydrogens (tertiary/aromatic N) is 3. The molecule has 0 spiro atoms. The number of halogens is 1. The van der Waals surface area contributed by atoms with Crippen LogP contribution in [0.4, 0.5) is 4.39 Å². The van der Waals surface area contributed by atoms with Gasteiger partial charge in [0.05, 0.1) is 10.6 Å². The smallest absolute Gasteiger partial charge is 0.184 e. The van der Waals surface area contributed by atoms with E-state index in [1.54, 1.807) is 7.05 Å². The Labute approximate surface area is 97.8 Å². The summed E-state index contributed by atoms with van der Waals surface area (Å²) in [6.07, 6.45) is 1.53. The van der Waals surface area contributed by atoms with Crippen LogP contribution in [0.15, 0.2) is 35.4 Å². The summed E-state index contributed by atoms with van der Waals surface area (Å²) in [5.74, 6) is -0.713. The van der Waals surface area contributed by atoms with E-state index in [0.717, 1.165) is 12.1 Å². The molecule has 0 unspecified atom stereocenters. The highest BCUT2D eigenvalue weighted by Crippen LogP contribution is 2.15. The van der Waals surface area contributed by atoms with Gasteiger partial charge in [0.1, 0.15) is 11.6 Å². The van der Waals surface area contributed by atoms with E-state index in [9.17, 15) is 12.8 Å². The molecule has 0 atom stereocenters. The summed E-state index contributed by atoms with van der Waals surface area (Å²) in [5.41, 5.74) is 0.358. The molecule has 0 amide bonds. The Hall–Kier alpha value is -1.76. The summed E-state index contributed by atoms with van der Waals surface area (Å²) in [6.45, 7) is 0. The molecule has 0 aliphatic rings. The van der Waals surface area contributed by atoms with Crippen LogP contribution < -0.4 is 0 Å². The third-order valence-electron chi connectivity index (χ3n) is 2.16. The van der Waals surface area contributed by atoms with Gasteiger partial charge in [0.2, 0.25) is 0 Å². The van der Waals surface area contributed by atoms with Crippen LogP contribution in [0.5, 0.6) is 0 Å². The van der Waals surface area contributed by atoms with Crippen LogP contribution in [0.1, 0.15) is 5.69 Å². The predicted molar refractivity (Wildman–Crippen MR) is 58.3 cm³/mol. The van der Waals surface area contributed by atoms with Crippen molar-refractivity contribution in [1.82, 2.24) is 15.0 Å². The Bertz CT molecular complexity index is 619. The van der Waals surface area contributed by atoms with Crippen molar-refractivity contribution in [3.63, 3.8) is 0 Å². The first-order valence-electron chi connectivity index (χ1n) is 4.81. The first-order valence-corrected chi connectivity index (χ1v) is 6.46. The molecule has 2 aromatic rings. The van der Waals surface area contributed by atoms with Gasteiger partial charge in [-0.1, -0.05) is 5.21 Å². The van der Waals surface area contributed by atoms with E-state index in [1.165, 1.54) is 23.0 Å². The highest BCUT2D eigenvalue weighted by Gasteiger charge is 2.17. The van der Waals surface area contributed by atoms with E-state index in [2.05, 4.69) is 10.3 Å². The second kappa shape index (κ2) is 4.25. The van der Waals surface area contributed by atoms with Gasteiger partial charge in [0.25, 0.3) is 0 Å². The van der Waals surface area contributed by atoms with E-state index < -0.39 is 15.7 Å². The lowest BCUT2D eigenvalue weighted by Crippen LogP contribution is -2.05. The van der Waals surface area contributed by atoms with Crippen molar-refractivity contribution in [2.75, 3.05) is 0 Å². The van der Waals surface area contributed by atoms with Crippen LogP contribution in [-0.2, 0) is 22.6 Å². The molecule has 0 radical (unpaired) electrons. The van der Waals surface area contributed by atoms with Gasteiger partial charge >= 0.3 is 0 Å². The molecule has 1 heterocycles. The fraction of sp³-hybridized carbons (Fsp3) is 0.200. The average Bonchev–Trinajstić information content (AvgIpc) is 2.63. The number of hydrogen-bond acceptors (Lipinski definition) is 4. The molecule has 7 heteroatoms. The van der Waals surface area contributed by atoms with Gasteiger partial charge in [0, 0.05) is 13.2 Å². The molecule has 0 bridgehead atoms. The lowest BCUT2D eigenvalue weighted by atomic mass is 10.4. The minimum atomic E-state index is -3.50. The van der Waals surface area contributed by atoms with Crippen LogP contribution in [-0.4, -0.2) is 23.4 Å². The molecule has 2 rings (SSSR count). The predicted octanol–water partition coefficient (Wildman–Crippen LogP) is 0.928. The van der Waals surface area contributed by atoms with Crippen molar-refractivity contribution in [2.45, 2.75) is 10.6 Å². The average molecular weight is 255 g/mol. The highest BCUT2D eigenvalue weighted by molar-refractivity contribution is 7.90. The maximum Gasteiger partial charge on any atom is 0.184 e. The highest BCUT2D eigenvalue weighted by atomic mass is 32.2. The summed E-state index contributed by atoms with van der Waals surface area (Å²) in [7, 11) is -1.85. The second-order valence-corrected chi connectivity index (χ2v) is 5.59. The first-order chi connectivity index (χ1) is 7.97. The van der Waals surface area contributed by atoms with E-state index in [4.69, 9.17) is 0 Å². The molecular weight excluding hydrogens is 245 g/mol. The molecule has 0 aliphatic carbocycles. The lowest BCUT2D eigenvalue weighted by Gasteiger charge is -2.01. The van der Waals surface area contributed by atoms with Crippen LogP contribution >= 0.6 is 0 Å². The number of hydrogen-bond donors (Lipinski definition) is 0. The van der Waals surface area contributed by atoms with Crippen molar-refractivity contribution in [1.29, 1.82) is 0 Å². The van der Waals surface area contributed by atoms with E-state index >= 15 is 0 Å². The molecule has 1 aromatic carbocycles. The standard InChI is InChI=1S/C10H10FN3O2S/c1-14-6-9(12-13-14)7-17(15,16)10-4-2-8(11)3-5-10/h2-6H,7H2,1H3. The normalized spacial score (nSPS) is 11.6. The molecule has 17 heavy (non-hydrogen) atoms. The maximum absolute atomic E-state index is 12.7. The second-order valence-electron chi connectivity index (χ2n) is 3.60. The van der Waals surface area contributed by atoms with Gasteiger partial charge in [-0.05, 0) is 24.3 Å². The number of rotatable bonds is 3. The SMILES string of the molecule is Cn1cc(CS(=O)(=O)c2ccc(F)cc2)nn1. The zero-order chi connectivity index (χ0) is 12.5. The van der Waals surface area contributed by atoms with E-state index in [0.29, 0.717) is 5.69 Å². The molecular formula is C10H10FN3O2S. The molecule has 0 saturated carbocycles. The van der Waals surface area contributed by atoms with Crippen molar-refractivity contribution in [3.05, 3.63) is 42.0 Å². The van der Waals surface area contributed by atoms with Gasteiger partial charge in [-0.25, -0.2) is 12.8 Å². The minimum absolute atomic E-state index is 0.0737. The molecule has 0 saturated heterocycles.